The number of benzene rings is 1. The third-order valence-corrected chi connectivity index (χ3v) is 2.27. The van der Waals surface area contributed by atoms with Gasteiger partial charge in [0.1, 0.15) is 0 Å². The van der Waals surface area contributed by atoms with E-state index in [1.54, 1.807) is 12.3 Å². The number of fused-ring (bicyclic) bond motifs is 1. The van der Waals surface area contributed by atoms with Gasteiger partial charge in [-0.05, 0) is 31.0 Å². The van der Waals surface area contributed by atoms with Crippen molar-refractivity contribution in [3.05, 3.63) is 35.5 Å². The molecule has 2 aromatic rings. The summed E-state index contributed by atoms with van der Waals surface area (Å²) in [6.45, 7) is 3.99. The number of nitrogens with zero attached hydrogens (tertiary/aromatic N) is 1. The standard InChI is InChI=1S/C11H11NO/c1-7-3-4-9(13)11-10(7)8(2)5-6-12-11/h3-6,13H,1-2H3/p-1. The lowest BCUT2D eigenvalue weighted by Gasteiger charge is -2.12. The predicted molar refractivity (Wildman–Crippen MR) is 50.7 cm³/mol. The highest BCUT2D eigenvalue weighted by molar-refractivity contribution is 5.89. The molecule has 0 aliphatic rings. The maximum absolute atomic E-state index is 11.4. The fraction of sp³-hybridized carbons (Fsp3) is 0.182. The molecular weight excluding hydrogens is 162 g/mol. The van der Waals surface area contributed by atoms with Crippen LogP contribution in [0.25, 0.3) is 10.9 Å². The van der Waals surface area contributed by atoms with Crippen molar-refractivity contribution in [2.75, 3.05) is 0 Å². The third-order valence-electron chi connectivity index (χ3n) is 2.27. The van der Waals surface area contributed by atoms with Crippen molar-refractivity contribution >= 4 is 10.9 Å². The Morgan fingerprint density at radius 1 is 1.08 bits per heavy atom. The summed E-state index contributed by atoms with van der Waals surface area (Å²) in [5.41, 5.74) is 2.81. The monoisotopic (exact) mass is 172 g/mol. The van der Waals surface area contributed by atoms with Crippen LogP contribution in [0.1, 0.15) is 11.1 Å². The molecule has 0 unspecified atom stereocenters. The van der Waals surface area contributed by atoms with Crippen molar-refractivity contribution < 1.29 is 5.11 Å². The van der Waals surface area contributed by atoms with E-state index in [2.05, 4.69) is 4.98 Å². The molecule has 66 valence electrons. The molecule has 1 heterocycles. The molecule has 0 N–H and O–H groups in total. The molecular formula is C11H10NO-. The maximum atomic E-state index is 11.4. The van der Waals surface area contributed by atoms with E-state index < -0.39 is 0 Å². The van der Waals surface area contributed by atoms with Gasteiger partial charge in [-0.25, -0.2) is 0 Å². The van der Waals surface area contributed by atoms with E-state index in [-0.39, 0.29) is 5.75 Å². The highest BCUT2D eigenvalue weighted by atomic mass is 16.3. The van der Waals surface area contributed by atoms with Gasteiger partial charge in [-0.1, -0.05) is 17.9 Å². The minimum atomic E-state index is 0.00398. The molecule has 0 aliphatic heterocycles. The van der Waals surface area contributed by atoms with Crippen LogP contribution in [0.2, 0.25) is 0 Å². The van der Waals surface area contributed by atoms with Crippen LogP contribution in [-0.4, -0.2) is 4.98 Å². The number of hydrogen-bond acceptors (Lipinski definition) is 2. The summed E-state index contributed by atoms with van der Waals surface area (Å²) in [6, 6.07) is 5.35. The zero-order valence-corrected chi connectivity index (χ0v) is 7.66. The Morgan fingerprint density at radius 2 is 1.77 bits per heavy atom. The molecule has 1 aromatic heterocycles. The third kappa shape index (κ3) is 1.15. The summed E-state index contributed by atoms with van der Waals surface area (Å²) in [6.07, 6.45) is 1.68. The highest BCUT2D eigenvalue weighted by Gasteiger charge is 2.00. The van der Waals surface area contributed by atoms with E-state index in [4.69, 9.17) is 0 Å². The second kappa shape index (κ2) is 2.73. The van der Waals surface area contributed by atoms with Gasteiger partial charge in [0.2, 0.25) is 0 Å². The maximum Gasteiger partial charge on any atom is 0.0628 e. The van der Waals surface area contributed by atoms with Gasteiger partial charge in [-0.2, -0.15) is 0 Å². The first-order chi connectivity index (χ1) is 6.20. The van der Waals surface area contributed by atoms with Gasteiger partial charge in [0.15, 0.2) is 0 Å². The smallest absolute Gasteiger partial charge is 0.0628 e. The average molecular weight is 172 g/mol. The SMILES string of the molecule is Cc1ccnc2c([O-])ccc(C)c12. The molecule has 13 heavy (non-hydrogen) atoms. The van der Waals surface area contributed by atoms with Crippen LogP contribution >= 0.6 is 0 Å². The molecule has 1 aromatic carbocycles. The van der Waals surface area contributed by atoms with Gasteiger partial charge >= 0.3 is 0 Å². The van der Waals surface area contributed by atoms with E-state index in [1.165, 1.54) is 0 Å². The molecule has 0 saturated carbocycles. The lowest BCUT2D eigenvalue weighted by atomic mass is 10.0. The summed E-state index contributed by atoms with van der Waals surface area (Å²) >= 11 is 0. The number of aromatic nitrogens is 1. The zero-order valence-electron chi connectivity index (χ0n) is 7.66. The Labute approximate surface area is 76.9 Å². The van der Waals surface area contributed by atoms with Gasteiger partial charge < -0.3 is 5.11 Å². The Balaban J connectivity index is 3.00. The predicted octanol–water partition coefficient (Wildman–Crippen LogP) is 1.93. The molecule has 0 radical (unpaired) electrons. The normalized spacial score (nSPS) is 10.6. The van der Waals surface area contributed by atoms with Crippen molar-refractivity contribution in [3.8, 4) is 5.75 Å². The minimum absolute atomic E-state index is 0.00398. The van der Waals surface area contributed by atoms with E-state index in [9.17, 15) is 5.11 Å². The molecule has 2 rings (SSSR count). The lowest BCUT2D eigenvalue weighted by Crippen LogP contribution is -1.95. The summed E-state index contributed by atoms with van der Waals surface area (Å²) in [7, 11) is 0. The Bertz CT molecular complexity index is 455. The molecule has 2 nitrogen and oxygen atoms in total. The highest BCUT2D eigenvalue weighted by Crippen LogP contribution is 2.25. The lowest BCUT2D eigenvalue weighted by molar-refractivity contribution is -0.266. The van der Waals surface area contributed by atoms with Crippen molar-refractivity contribution in [3.63, 3.8) is 0 Å². The Hall–Kier alpha value is -1.57. The number of hydrogen-bond donors (Lipinski definition) is 0. The van der Waals surface area contributed by atoms with Gasteiger partial charge in [0, 0.05) is 11.6 Å². The molecule has 2 heteroatoms. The second-order valence-corrected chi connectivity index (χ2v) is 3.23. The molecule has 0 saturated heterocycles. The van der Waals surface area contributed by atoms with Crippen LogP contribution in [0.15, 0.2) is 24.4 Å². The summed E-state index contributed by atoms with van der Waals surface area (Å²) in [4.78, 5) is 4.09. The summed E-state index contributed by atoms with van der Waals surface area (Å²) in [5, 5.41) is 12.4. The average Bonchev–Trinajstić information content (AvgIpc) is 2.12. The van der Waals surface area contributed by atoms with Crippen molar-refractivity contribution in [2.24, 2.45) is 0 Å². The first-order valence-electron chi connectivity index (χ1n) is 4.22. The van der Waals surface area contributed by atoms with E-state index >= 15 is 0 Å². The largest absolute Gasteiger partial charge is 0.871 e. The molecule has 0 fully saturated rings. The quantitative estimate of drug-likeness (QED) is 0.608. The number of rotatable bonds is 0. The van der Waals surface area contributed by atoms with Gasteiger partial charge in [-0.3, -0.25) is 4.98 Å². The van der Waals surface area contributed by atoms with Crippen LogP contribution in [0, 0.1) is 13.8 Å². The first kappa shape index (κ1) is 8.05. The minimum Gasteiger partial charge on any atom is -0.871 e. The molecule has 0 aliphatic carbocycles. The van der Waals surface area contributed by atoms with Gasteiger partial charge in [0.05, 0.1) is 5.52 Å². The van der Waals surface area contributed by atoms with E-state index in [1.807, 2.05) is 26.0 Å². The van der Waals surface area contributed by atoms with Gasteiger partial charge in [-0.15, -0.1) is 0 Å². The van der Waals surface area contributed by atoms with Crippen LogP contribution in [0.5, 0.6) is 5.75 Å². The van der Waals surface area contributed by atoms with Crippen LogP contribution < -0.4 is 5.11 Å². The van der Waals surface area contributed by atoms with Gasteiger partial charge in [0.25, 0.3) is 0 Å². The number of pyridine rings is 1. The second-order valence-electron chi connectivity index (χ2n) is 3.23. The molecule has 0 amide bonds. The Kier molecular flexibility index (Phi) is 1.69. The molecule has 0 spiro atoms. The van der Waals surface area contributed by atoms with E-state index in [0.717, 1.165) is 16.5 Å². The van der Waals surface area contributed by atoms with Crippen molar-refractivity contribution in [2.45, 2.75) is 13.8 Å². The fourth-order valence-electron chi connectivity index (χ4n) is 1.61. The Morgan fingerprint density at radius 3 is 2.46 bits per heavy atom. The van der Waals surface area contributed by atoms with E-state index in [0.29, 0.717) is 5.52 Å². The van der Waals surface area contributed by atoms with Crippen LogP contribution in [-0.2, 0) is 0 Å². The van der Waals surface area contributed by atoms with Crippen molar-refractivity contribution in [1.82, 2.24) is 4.98 Å². The molecule has 0 atom stereocenters. The number of aryl methyl sites for hydroxylation is 2. The fourth-order valence-corrected chi connectivity index (χ4v) is 1.61. The first-order valence-corrected chi connectivity index (χ1v) is 4.22. The van der Waals surface area contributed by atoms with Crippen molar-refractivity contribution in [1.29, 1.82) is 0 Å². The van der Waals surface area contributed by atoms with Crippen LogP contribution in [0.3, 0.4) is 0 Å². The summed E-state index contributed by atoms with van der Waals surface area (Å²) in [5.74, 6) is 0.00398. The zero-order chi connectivity index (χ0) is 9.42. The van der Waals surface area contributed by atoms with Crippen LogP contribution in [0.4, 0.5) is 0 Å². The topological polar surface area (TPSA) is 36.0 Å². The molecule has 0 bridgehead atoms. The summed E-state index contributed by atoms with van der Waals surface area (Å²) < 4.78 is 0.